The van der Waals surface area contributed by atoms with E-state index in [2.05, 4.69) is 0 Å². The summed E-state index contributed by atoms with van der Waals surface area (Å²) in [6.07, 6.45) is 0. The van der Waals surface area contributed by atoms with Gasteiger partial charge in [0, 0.05) is 5.56 Å². The fourth-order valence-electron chi connectivity index (χ4n) is 1.50. The molecule has 0 aliphatic heterocycles. The third-order valence-corrected chi connectivity index (χ3v) is 2.62. The van der Waals surface area contributed by atoms with Crippen molar-refractivity contribution in [3.05, 3.63) is 34.9 Å². The minimum atomic E-state index is -0.667. The van der Waals surface area contributed by atoms with E-state index >= 15 is 0 Å². The molecule has 1 aromatic carbocycles. The SMILES string of the molecule is CCOC(=O)c1cc(C(=O)C(C)Cl)ccc1CO. The van der Waals surface area contributed by atoms with Crippen LogP contribution in [0.1, 0.15) is 40.1 Å². The summed E-state index contributed by atoms with van der Waals surface area (Å²) in [6.45, 7) is 3.19. The van der Waals surface area contributed by atoms with Gasteiger partial charge in [0.05, 0.1) is 24.2 Å². The Morgan fingerprint density at radius 3 is 2.61 bits per heavy atom. The monoisotopic (exact) mass is 270 g/mol. The zero-order chi connectivity index (χ0) is 13.7. The Morgan fingerprint density at radius 2 is 2.11 bits per heavy atom. The number of benzene rings is 1. The van der Waals surface area contributed by atoms with Crippen molar-refractivity contribution < 1.29 is 19.4 Å². The number of alkyl halides is 1. The molecule has 5 heteroatoms. The molecule has 1 aromatic rings. The number of carbonyl (C=O) groups is 2. The first-order chi connectivity index (χ1) is 8.51. The van der Waals surface area contributed by atoms with Crippen molar-refractivity contribution >= 4 is 23.4 Å². The summed E-state index contributed by atoms with van der Waals surface area (Å²) >= 11 is 5.71. The molecule has 98 valence electrons. The summed E-state index contributed by atoms with van der Waals surface area (Å²) in [4.78, 5) is 23.4. The van der Waals surface area contributed by atoms with Gasteiger partial charge in [0.15, 0.2) is 5.78 Å². The smallest absolute Gasteiger partial charge is 0.338 e. The number of hydrogen-bond donors (Lipinski definition) is 1. The van der Waals surface area contributed by atoms with Crippen LogP contribution in [0.3, 0.4) is 0 Å². The number of carbonyl (C=O) groups excluding carboxylic acids is 2. The number of Topliss-reactive ketones (excluding diaryl/α,β-unsaturated/α-hetero) is 1. The predicted molar refractivity (Wildman–Crippen MR) is 68.0 cm³/mol. The predicted octanol–water partition coefficient (Wildman–Crippen LogP) is 2.17. The van der Waals surface area contributed by atoms with Gasteiger partial charge in [-0.1, -0.05) is 12.1 Å². The van der Waals surface area contributed by atoms with Crippen LogP contribution in [0.2, 0.25) is 0 Å². The second-order valence-electron chi connectivity index (χ2n) is 3.73. The van der Waals surface area contributed by atoms with Gasteiger partial charge in [-0.25, -0.2) is 4.79 Å². The number of esters is 1. The molecule has 0 saturated carbocycles. The van der Waals surface area contributed by atoms with Gasteiger partial charge >= 0.3 is 5.97 Å². The minimum absolute atomic E-state index is 0.197. The lowest BCUT2D eigenvalue weighted by Crippen LogP contribution is -2.14. The molecule has 0 amide bonds. The average molecular weight is 271 g/mol. The Balaban J connectivity index is 3.17. The number of halogens is 1. The number of hydrogen-bond acceptors (Lipinski definition) is 4. The van der Waals surface area contributed by atoms with Crippen molar-refractivity contribution in [2.45, 2.75) is 25.8 Å². The molecule has 1 atom stereocenters. The highest BCUT2D eigenvalue weighted by molar-refractivity contribution is 6.33. The van der Waals surface area contributed by atoms with Gasteiger partial charge < -0.3 is 9.84 Å². The average Bonchev–Trinajstić information content (AvgIpc) is 2.37. The van der Waals surface area contributed by atoms with Gasteiger partial charge in [0.2, 0.25) is 0 Å². The first-order valence-corrected chi connectivity index (χ1v) is 6.04. The van der Waals surface area contributed by atoms with Crippen molar-refractivity contribution in [2.24, 2.45) is 0 Å². The fraction of sp³-hybridized carbons (Fsp3) is 0.385. The standard InChI is InChI=1S/C13H15ClO4/c1-3-18-13(17)11-6-9(12(16)8(2)14)4-5-10(11)7-15/h4-6,8,15H,3,7H2,1-2H3. The van der Waals surface area contributed by atoms with Crippen molar-refractivity contribution in [2.75, 3.05) is 6.61 Å². The molecule has 0 fully saturated rings. The maximum Gasteiger partial charge on any atom is 0.338 e. The van der Waals surface area contributed by atoms with Crippen LogP contribution in [0.25, 0.3) is 0 Å². The molecule has 1 unspecified atom stereocenters. The highest BCUT2D eigenvalue weighted by Gasteiger charge is 2.18. The number of ketones is 1. The van der Waals surface area contributed by atoms with E-state index in [-0.39, 0.29) is 24.6 Å². The molecule has 0 spiro atoms. The molecule has 0 heterocycles. The maximum absolute atomic E-state index is 11.7. The third-order valence-electron chi connectivity index (χ3n) is 2.42. The molecular formula is C13H15ClO4. The van der Waals surface area contributed by atoms with Gasteiger partial charge in [-0.3, -0.25) is 4.79 Å². The van der Waals surface area contributed by atoms with E-state index in [0.717, 1.165) is 0 Å². The lowest BCUT2D eigenvalue weighted by Gasteiger charge is -2.09. The second-order valence-corrected chi connectivity index (χ2v) is 4.39. The summed E-state index contributed by atoms with van der Waals surface area (Å²) in [6, 6.07) is 4.47. The lowest BCUT2D eigenvalue weighted by atomic mass is 10.0. The van der Waals surface area contributed by atoms with Crippen LogP contribution in [0.4, 0.5) is 0 Å². The van der Waals surface area contributed by atoms with Gasteiger partial charge in [-0.05, 0) is 25.5 Å². The van der Waals surface area contributed by atoms with Crippen molar-refractivity contribution in [1.29, 1.82) is 0 Å². The second kappa shape index (κ2) is 6.52. The number of aliphatic hydroxyl groups excluding tert-OH is 1. The van der Waals surface area contributed by atoms with Gasteiger partial charge in [-0.2, -0.15) is 0 Å². The van der Waals surface area contributed by atoms with Crippen LogP contribution in [0.15, 0.2) is 18.2 Å². The largest absolute Gasteiger partial charge is 0.462 e. The molecule has 4 nitrogen and oxygen atoms in total. The van der Waals surface area contributed by atoms with Crippen LogP contribution in [0, 0.1) is 0 Å². The van der Waals surface area contributed by atoms with E-state index in [9.17, 15) is 9.59 Å². The topological polar surface area (TPSA) is 63.6 Å². The van der Waals surface area contributed by atoms with Crippen LogP contribution in [-0.2, 0) is 11.3 Å². The quantitative estimate of drug-likeness (QED) is 0.506. The van der Waals surface area contributed by atoms with Crippen LogP contribution >= 0.6 is 11.6 Å². The van der Waals surface area contributed by atoms with E-state index in [1.165, 1.54) is 18.2 Å². The summed E-state index contributed by atoms with van der Waals surface area (Å²) in [5.74, 6) is -0.829. The highest BCUT2D eigenvalue weighted by atomic mass is 35.5. The first kappa shape index (κ1) is 14.7. The first-order valence-electron chi connectivity index (χ1n) is 5.60. The Labute approximate surface area is 111 Å². The summed E-state index contributed by atoms with van der Waals surface area (Å²) in [7, 11) is 0. The van der Waals surface area contributed by atoms with E-state index in [4.69, 9.17) is 21.4 Å². The maximum atomic E-state index is 11.7. The normalized spacial score (nSPS) is 12.0. The molecule has 0 saturated heterocycles. The molecule has 0 bridgehead atoms. The Morgan fingerprint density at radius 1 is 1.44 bits per heavy atom. The molecule has 0 aliphatic carbocycles. The van der Waals surface area contributed by atoms with Crippen molar-refractivity contribution in [1.82, 2.24) is 0 Å². The molecular weight excluding hydrogens is 256 g/mol. The zero-order valence-electron chi connectivity index (χ0n) is 10.3. The molecule has 18 heavy (non-hydrogen) atoms. The van der Waals surface area contributed by atoms with E-state index < -0.39 is 11.3 Å². The molecule has 0 radical (unpaired) electrons. The van der Waals surface area contributed by atoms with Crippen molar-refractivity contribution in [3.8, 4) is 0 Å². The lowest BCUT2D eigenvalue weighted by molar-refractivity contribution is 0.0523. The highest BCUT2D eigenvalue weighted by Crippen LogP contribution is 2.16. The zero-order valence-corrected chi connectivity index (χ0v) is 11.0. The summed E-state index contributed by atoms with van der Waals surface area (Å²) < 4.78 is 4.87. The van der Waals surface area contributed by atoms with Crippen LogP contribution in [-0.4, -0.2) is 28.8 Å². The van der Waals surface area contributed by atoms with Gasteiger partial charge in [-0.15, -0.1) is 11.6 Å². The minimum Gasteiger partial charge on any atom is -0.462 e. The molecule has 0 aromatic heterocycles. The molecule has 0 aliphatic rings. The van der Waals surface area contributed by atoms with E-state index in [1.54, 1.807) is 13.8 Å². The summed E-state index contributed by atoms with van der Waals surface area (Å²) in [5, 5.41) is 8.49. The Hall–Kier alpha value is -1.39. The van der Waals surface area contributed by atoms with Gasteiger partial charge in [0.25, 0.3) is 0 Å². The summed E-state index contributed by atoms with van der Waals surface area (Å²) in [5.41, 5.74) is 0.951. The van der Waals surface area contributed by atoms with Crippen molar-refractivity contribution in [3.63, 3.8) is 0 Å². The van der Waals surface area contributed by atoms with Crippen LogP contribution in [0.5, 0.6) is 0 Å². The van der Waals surface area contributed by atoms with E-state index in [0.29, 0.717) is 11.1 Å². The Kier molecular flexibility index (Phi) is 5.31. The third kappa shape index (κ3) is 3.31. The van der Waals surface area contributed by atoms with Crippen LogP contribution < -0.4 is 0 Å². The number of aliphatic hydroxyl groups is 1. The fourth-order valence-corrected chi connectivity index (χ4v) is 1.62. The number of rotatable bonds is 5. The Bertz CT molecular complexity index is 454. The van der Waals surface area contributed by atoms with E-state index in [1.807, 2.05) is 0 Å². The molecule has 1 N–H and O–H groups in total. The molecule has 1 rings (SSSR count). The number of ether oxygens (including phenoxy) is 1. The van der Waals surface area contributed by atoms with Gasteiger partial charge in [0.1, 0.15) is 0 Å².